The standard InChI is InChI=1S/C16H24O/c1-3-13(2)15(17)16(11-7-8-12-16)14-9-5-4-6-10-14/h4-6,9-10,13,15,17H,3,7-8,11-12H2,1-2H3. The maximum absolute atomic E-state index is 10.7. The van der Waals surface area contributed by atoms with Gasteiger partial charge in [0, 0.05) is 5.41 Å². The SMILES string of the molecule is CCC(C)C(O)C1(c2ccccc2)CCCC1. The normalized spacial score (nSPS) is 22.3. The molecule has 1 aliphatic carbocycles. The van der Waals surface area contributed by atoms with Crippen LogP contribution in [0.5, 0.6) is 0 Å². The van der Waals surface area contributed by atoms with Crippen LogP contribution < -0.4 is 0 Å². The van der Waals surface area contributed by atoms with E-state index in [0.29, 0.717) is 5.92 Å². The van der Waals surface area contributed by atoms with Crippen LogP contribution >= 0.6 is 0 Å². The van der Waals surface area contributed by atoms with Crippen LogP contribution in [-0.4, -0.2) is 11.2 Å². The maximum atomic E-state index is 10.7. The lowest BCUT2D eigenvalue weighted by Gasteiger charge is -2.38. The first kappa shape index (κ1) is 12.6. The summed E-state index contributed by atoms with van der Waals surface area (Å²) in [6, 6.07) is 10.6. The Morgan fingerprint density at radius 2 is 1.76 bits per heavy atom. The summed E-state index contributed by atoms with van der Waals surface area (Å²) in [6.45, 7) is 4.34. The fourth-order valence-electron chi connectivity index (χ4n) is 3.30. The van der Waals surface area contributed by atoms with Gasteiger partial charge >= 0.3 is 0 Å². The predicted octanol–water partition coefficient (Wildman–Crippen LogP) is 3.91. The van der Waals surface area contributed by atoms with Gasteiger partial charge in [-0.25, -0.2) is 0 Å². The van der Waals surface area contributed by atoms with Gasteiger partial charge in [-0.1, -0.05) is 63.4 Å². The van der Waals surface area contributed by atoms with Crippen LogP contribution in [0, 0.1) is 5.92 Å². The lowest BCUT2D eigenvalue weighted by atomic mass is 9.70. The summed E-state index contributed by atoms with van der Waals surface area (Å²) in [6.07, 6.45) is 5.64. The number of hydrogen-bond donors (Lipinski definition) is 1. The zero-order valence-corrected chi connectivity index (χ0v) is 11.0. The molecule has 1 aromatic rings. The van der Waals surface area contributed by atoms with Crippen LogP contribution in [0.15, 0.2) is 30.3 Å². The first-order valence-electron chi connectivity index (χ1n) is 6.94. The molecular formula is C16H24O. The quantitative estimate of drug-likeness (QED) is 0.834. The van der Waals surface area contributed by atoms with Crippen LogP contribution in [-0.2, 0) is 5.41 Å². The monoisotopic (exact) mass is 232 g/mol. The number of benzene rings is 1. The Kier molecular flexibility index (Phi) is 3.88. The van der Waals surface area contributed by atoms with Gasteiger partial charge in [0.25, 0.3) is 0 Å². The van der Waals surface area contributed by atoms with Crippen molar-refractivity contribution in [2.75, 3.05) is 0 Å². The summed E-state index contributed by atoms with van der Waals surface area (Å²) in [5, 5.41) is 10.7. The van der Waals surface area contributed by atoms with E-state index in [4.69, 9.17) is 0 Å². The highest BCUT2D eigenvalue weighted by atomic mass is 16.3. The molecule has 0 saturated heterocycles. The van der Waals surface area contributed by atoms with Crippen molar-refractivity contribution in [2.45, 2.75) is 57.5 Å². The first-order valence-corrected chi connectivity index (χ1v) is 6.94. The molecule has 1 aliphatic rings. The summed E-state index contributed by atoms with van der Waals surface area (Å²) in [4.78, 5) is 0. The summed E-state index contributed by atoms with van der Waals surface area (Å²) in [7, 11) is 0. The lowest BCUT2D eigenvalue weighted by Crippen LogP contribution is -2.41. The van der Waals surface area contributed by atoms with E-state index in [0.717, 1.165) is 19.3 Å². The molecule has 1 aromatic carbocycles. The molecule has 2 rings (SSSR count). The zero-order chi connectivity index (χ0) is 12.3. The van der Waals surface area contributed by atoms with Crippen molar-refractivity contribution in [3.05, 3.63) is 35.9 Å². The van der Waals surface area contributed by atoms with Crippen molar-refractivity contribution in [3.8, 4) is 0 Å². The number of aliphatic hydroxyl groups is 1. The minimum absolute atomic E-state index is 0.0245. The highest BCUT2D eigenvalue weighted by Crippen LogP contribution is 2.46. The van der Waals surface area contributed by atoms with Crippen molar-refractivity contribution >= 4 is 0 Å². The van der Waals surface area contributed by atoms with Gasteiger partial charge in [-0.3, -0.25) is 0 Å². The molecule has 0 amide bonds. The molecule has 2 atom stereocenters. The van der Waals surface area contributed by atoms with Crippen molar-refractivity contribution in [1.29, 1.82) is 0 Å². The van der Waals surface area contributed by atoms with Crippen molar-refractivity contribution < 1.29 is 5.11 Å². The molecule has 94 valence electrons. The van der Waals surface area contributed by atoms with Gasteiger partial charge in [0.05, 0.1) is 6.10 Å². The number of rotatable bonds is 4. The molecule has 1 saturated carbocycles. The first-order chi connectivity index (χ1) is 8.20. The fourth-order valence-corrected chi connectivity index (χ4v) is 3.30. The fraction of sp³-hybridized carbons (Fsp3) is 0.625. The van der Waals surface area contributed by atoms with E-state index in [2.05, 4.69) is 44.2 Å². The van der Waals surface area contributed by atoms with Crippen molar-refractivity contribution in [3.63, 3.8) is 0 Å². The molecule has 0 spiro atoms. The average Bonchev–Trinajstić information content (AvgIpc) is 2.88. The van der Waals surface area contributed by atoms with Gasteiger partial charge in [-0.15, -0.1) is 0 Å². The van der Waals surface area contributed by atoms with E-state index in [-0.39, 0.29) is 11.5 Å². The van der Waals surface area contributed by atoms with Crippen molar-refractivity contribution in [1.82, 2.24) is 0 Å². The molecule has 1 heteroatoms. The van der Waals surface area contributed by atoms with E-state index in [1.54, 1.807) is 0 Å². The Hall–Kier alpha value is -0.820. The third-order valence-corrected chi connectivity index (χ3v) is 4.59. The Morgan fingerprint density at radius 1 is 1.18 bits per heavy atom. The third kappa shape index (κ3) is 2.26. The molecule has 0 aliphatic heterocycles. The largest absolute Gasteiger partial charge is 0.392 e. The van der Waals surface area contributed by atoms with Crippen LogP contribution in [0.4, 0.5) is 0 Å². The smallest absolute Gasteiger partial charge is 0.0662 e. The minimum atomic E-state index is -0.197. The van der Waals surface area contributed by atoms with Gasteiger partial charge in [0.2, 0.25) is 0 Å². The van der Waals surface area contributed by atoms with E-state index in [1.165, 1.54) is 18.4 Å². The summed E-state index contributed by atoms with van der Waals surface area (Å²) in [5.41, 5.74) is 1.36. The van der Waals surface area contributed by atoms with Crippen LogP contribution in [0.3, 0.4) is 0 Å². The molecule has 0 bridgehead atoms. The topological polar surface area (TPSA) is 20.2 Å². The number of aliphatic hydroxyl groups excluding tert-OH is 1. The van der Waals surface area contributed by atoms with Gasteiger partial charge in [0.1, 0.15) is 0 Å². The lowest BCUT2D eigenvalue weighted by molar-refractivity contribution is 0.0342. The Labute approximate surface area is 105 Å². The second kappa shape index (κ2) is 5.22. The molecule has 0 aromatic heterocycles. The Morgan fingerprint density at radius 3 is 2.29 bits per heavy atom. The van der Waals surface area contributed by atoms with E-state index in [9.17, 15) is 5.11 Å². The molecule has 0 heterocycles. The van der Waals surface area contributed by atoms with Gasteiger partial charge in [0.15, 0.2) is 0 Å². The van der Waals surface area contributed by atoms with E-state index in [1.807, 2.05) is 0 Å². The molecule has 1 fully saturated rings. The predicted molar refractivity (Wildman–Crippen MR) is 72.0 cm³/mol. The van der Waals surface area contributed by atoms with E-state index >= 15 is 0 Å². The average molecular weight is 232 g/mol. The Balaban J connectivity index is 2.33. The van der Waals surface area contributed by atoms with Gasteiger partial charge in [-0.05, 0) is 24.3 Å². The summed E-state index contributed by atoms with van der Waals surface area (Å²) < 4.78 is 0. The summed E-state index contributed by atoms with van der Waals surface area (Å²) >= 11 is 0. The molecule has 1 nitrogen and oxygen atoms in total. The van der Waals surface area contributed by atoms with Gasteiger partial charge < -0.3 is 5.11 Å². The molecule has 17 heavy (non-hydrogen) atoms. The van der Waals surface area contributed by atoms with E-state index < -0.39 is 0 Å². The second-order valence-corrected chi connectivity index (χ2v) is 5.56. The highest BCUT2D eigenvalue weighted by molar-refractivity contribution is 5.28. The van der Waals surface area contributed by atoms with Gasteiger partial charge in [-0.2, -0.15) is 0 Å². The molecule has 2 unspecified atom stereocenters. The number of hydrogen-bond acceptors (Lipinski definition) is 1. The Bertz CT molecular complexity index is 338. The summed E-state index contributed by atoms with van der Waals surface area (Å²) in [5.74, 6) is 0.383. The van der Waals surface area contributed by atoms with Crippen LogP contribution in [0.2, 0.25) is 0 Å². The second-order valence-electron chi connectivity index (χ2n) is 5.56. The maximum Gasteiger partial charge on any atom is 0.0662 e. The zero-order valence-electron chi connectivity index (χ0n) is 11.0. The van der Waals surface area contributed by atoms with Crippen LogP contribution in [0.1, 0.15) is 51.5 Å². The molecule has 0 radical (unpaired) electrons. The highest BCUT2D eigenvalue weighted by Gasteiger charge is 2.43. The minimum Gasteiger partial charge on any atom is -0.392 e. The molecule has 1 N–H and O–H groups in total. The van der Waals surface area contributed by atoms with Crippen LogP contribution in [0.25, 0.3) is 0 Å². The van der Waals surface area contributed by atoms with Crippen molar-refractivity contribution in [2.24, 2.45) is 5.92 Å². The third-order valence-electron chi connectivity index (χ3n) is 4.59. The molecular weight excluding hydrogens is 208 g/mol.